The molecule has 1 heterocycles. The molecule has 1 aliphatic rings. The molecule has 1 aromatic heterocycles. The summed E-state index contributed by atoms with van der Waals surface area (Å²) in [5, 5.41) is 0. The van der Waals surface area contributed by atoms with Crippen molar-refractivity contribution in [2.75, 3.05) is 4.72 Å². The van der Waals surface area contributed by atoms with Crippen LogP contribution in [0.3, 0.4) is 0 Å². The molecule has 1 saturated carbocycles. The van der Waals surface area contributed by atoms with Crippen molar-refractivity contribution < 1.29 is 12.8 Å². The highest BCUT2D eigenvalue weighted by Gasteiger charge is 2.28. The van der Waals surface area contributed by atoms with Crippen LogP contribution >= 0.6 is 15.9 Å². The first-order chi connectivity index (χ1) is 12.0. The van der Waals surface area contributed by atoms with E-state index in [9.17, 15) is 8.42 Å². The van der Waals surface area contributed by atoms with Gasteiger partial charge in [0.2, 0.25) is 0 Å². The Morgan fingerprint density at radius 1 is 1.04 bits per heavy atom. The highest BCUT2D eigenvalue weighted by molar-refractivity contribution is 9.10. The predicted molar refractivity (Wildman–Crippen MR) is 98.9 cm³/mol. The molecule has 1 N–H and O–H groups in total. The van der Waals surface area contributed by atoms with Gasteiger partial charge in [0.05, 0.1) is 11.1 Å². The number of aromatic nitrogens is 1. The number of nitrogens with one attached hydrogen (secondary N) is 1. The largest absolute Gasteiger partial charge is 0.440 e. The van der Waals surface area contributed by atoms with E-state index in [1.807, 2.05) is 0 Å². The quantitative estimate of drug-likeness (QED) is 0.646. The minimum Gasteiger partial charge on any atom is -0.440 e. The van der Waals surface area contributed by atoms with Crippen LogP contribution in [0.1, 0.15) is 24.7 Å². The molecule has 25 heavy (non-hydrogen) atoms. The van der Waals surface area contributed by atoms with Gasteiger partial charge in [0.15, 0.2) is 11.7 Å². The van der Waals surface area contributed by atoms with Gasteiger partial charge in [-0.3, -0.25) is 4.72 Å². The van der Waals surface area contributed by atoms with E-state index in [1.54, 1.807) is 54.7 Å². The van der Waals surface area contributed by atoms with Crippen LogP contribution in [0.5, 0.6) is 0 Å². The van der Waals surface area contributed by atoms with E-state index in [-0.39, 0.29) is 4.90 Å². The number of sulfonamides is 1. The Morgan fingerprint density at radius 3 is 2.36 bits per heavy atom. The van der Waals surface area contributed by atoms with Crippen molar-refractivity contribution in [3.63, 3.8) is 0 Å². The van der Waals surface area contributed by atoms with E-state index in [1.165, 1.54) is 0 Å². The summed E-state index contributed by atoms with van der Waals surface area (Å²) >= 11 is 3.32. The summed E-state index contributed by atoms with van der Waals surface area (Å²) in [6.07, 6.45) is 3.94. The maximum absolute atomic E-state index is 12.5. The third-order valence-electron chi connectivity index (χ3n) is 4.00. The van der Waals surface area contributed by atoms with Crippen LogP contribution in [0.4, 0.5) is 5.69 Å². The summed E-state index contributed by atoms with van der Waals surface area (Å²) < 4.78 is 34.2. The van der Waals surface area contributed by atoms with Crippen molar-refractivity contribution in [2.24, 2.45) is 0 Å². The molecule has 0 atom stereocenters. The van der Waals surface area contributed by atoms with Crippen LogP contribution in [0, 0.1) is 0 Å². The van der Waals surface area contributed by atoms with E-state index < -0.39 is 10.0 Å². The first-order valence-electron chi connectivity index (χ1n) is 7.86. The zero-order valence-corrected chi connectivity index (χ0v) is 15.5. The maximum atomic E-state index is 12.5. The number of rotatable bonds is 5. The summed E-state index contributed by atoms with van der Waals surface area (Å²) in [6, 6.07) is 13.5. The lowest BCUT2D eigenvalue weighted by Crippen LogP contribution is -2.12. The molecule has 0 amide bonds. The van der Waals surface area contributed by atoms with Gasteiger partial charge in [0.25, 0.3) is 10.0 Å². The molecule has 0 saturated heterocycles. The number of benzene rings is 2. The lowest BCUT2D eigenvalue weighted by Gasteiger charge is -2.08. The topological polar surface area (TPSA) is 72.2 Å². The molecular weight excluding hydrogens is 404 g/mol. The predicted octanol–water partition coefficient (Wildman–Crippen LogP) is 4.78. The van der Waals surface area contributed by atoms with Crippen molar-refractivity contribution in [1.29, 1.82) is 0 Å². The van der Waals surface area contributed by atoms with Crippen molar-refractivity contribution in [3.8, 4) is 11.3 Å². The number of nitrogens with zero attached hydrogens (tertiary/aromatic N) is 1. The average Bonchev–Trinajstić information content (AvgIpc) is 3.34. The lowest BCUT2D eigenvalue weighted by molar-refractivity contribution is 0.509. The molecule has 0 spiro atoms. The Hall–Kier alpha value is -2.12. The summed E-state index contributed by atoms with van der Waals surface area (Å²) in [4.78, 5) is 4.48. The van der Waals surface area contributed by atoms with E-state index >= 15 is 0 Å². The van der Waals surface area contributed by atoms with Gasteiger partial charge in [-0.15, -0.1) is 0 Å². The van der Waals surface area contributed by atoms with Crippen molar-refractivity contribution in [1.82, 2.24) is 4.98 Å². The van der Waals surface area contributed by atoms with Gasteiger partial charge in [0, 0.05) is 21.6 Å². The van der Waals surface area contributed by atoms with Gasteiger partial charge in [-0.2, -0.15) is 0 Å². The minimum atomic E-state index is -3.63. The zero-order chi connectivity index (χ0) is 17.4. The molecular formula is C18H15BrN2O3S. The van der Waals surface area contributed by atoms with Gasteiger partial charge < -0.3 is 4.42 Å². The van der Waals surface area contributed by atoms with Crippen LogP contribution in [0.25, 0.3) is 11.3 Å². The van der Waals surface area contributed by atoms with E-state index in [0.29, 0.717) is 17.4 Å². The highest BCUT2D eigenvalue weighted by Crippen LogP contribution is 2.40. The number of hydrogen-bond acceptors (Lipinski definition) is 4. The first-order valence-corrected chi connectivity index (χ1v) is 10.1. The van der Waals surface area contributed by atoms with Gasteiger partial charge in [-0.1, -0.05) is 15.9 Å². The second kappa shape index (κ2) is 6.31. The molecule has 0 unspecified atom stereocenters. The highest BCUT2D eigenvalue weighted by atomic mass is 79.9. The van der Waals surface area contributed by atoms with Gasteiger partial charge >= 0.3 is 0 Å². The smallest absolute Gasteiger partial charge is 0.261 e. The van der Waals surface area contributed by atoms with Crippen molar-refractivity contribution in [2.45, 2.75) is 23.7 Å². The Labute approximate surface area is 154 Å². The summed E-state index contributed by atoms with van der Waals surface area (Å²) in [6.45, 7) is 0. The van der Waals surface area contributed by atoms with Gasteiger partial charge in [-0.05, 0) is 61.4 Å². The van der Waals surface area contributed by atoms with E-state index in [2.05, 4.69) is 25.6 Å². The van der Waals surface area contributed by atoms with Crippen molar-refractivity contribution in [3.05, 3.63) is 65.1 Å². The Balaban J connectivity index is 1.54. The number of oxazole rings is 1. The molecule has 1 fully saturated rings. The monoisotopic (exact) mass is 418 g/mol. The fraction of sp³-hybridized carbons (Fsp3) is 0.167. The van der Waals surface area contributed by atoms with Crippen LogP contribution < -0.4 is 4.72 Å². The number of halogens is 1. The number of anilines is 1. The molecule has 7 heteroatoms. The van der Waals surface area contributed by atoms with Crippen LogP contribution in [-0.2, 0) is 10.0 Å². The molecule has 0 aliphatic heterocycles. The Kier molecular flexibility index (Phi) is 4.13. The maximum Gasteiger partial charge on any atom is 0.261 e. The normalized spacial score (nSPS) is 14.4. The fourth-order valence-corrected chi connectivity index (χ4v) is 3.79. The second-order valence-corrected chi connectivity index (χ2v) is 8.57. The zero-order valence-electron chi connectivity index (χ0n) is 13.1. The van der Waals surface area contributed by atoms with Crippen LogP contribution in [-0.4, -0.2) is 13.4 Å². The van der Waals surface area contributed by atoms with Gasteiger partial charge in [-0.25, -0.2) is 13.4 Å². The third kappa shape index (κ3) is 3.62. The van der Waals surface area contributed by atoms with Crippen LogP contribution in [0.2, 0.25) is 0 Å². The average molecular weight is 419 g/mol. The summed E-state index contributed by atoms with van der Waals surface area (Å²) in [7, 11) is -3.63. The number of hydrogen-bond donors (Lipinski definition) is 1. The first kappa shape index (κ1) is 16.4. The molecule has 0 radical (unpaired) electrons. The molecule has 2 aromatic carbocycles. The molecule has 5 nitrogen and oxygen atoms in total. The van der Waals surface area contributed by atoms with E-state index in [0.717, 1.165) is 28.8 Å². The SMILES string of the molecule is O=S(=O)(Nc1ccc(Br)cc1)c1ccc(-c2cnc(C3CC3)o2)cc1. The molecule has 128 valence electrons. The minimum absolute atomic E-state index is 0.195. The lowest BCUT2D eigenvalue weighted by atomic mass is 10.2. The second-order valence-electron chi connectivity index (χ2n) is 5.97. The molecule has 3 aromatic rings. The third-order valence-corrected chi connectivity index (χ3v) is 5.92. The van der Waals surface area contributed by atoms with Crippen LogP contribution in [0.15, 0.2) is 68.5 Å². The van der Waals surface area contributed by atoms with E-state index in [4.69, 9.17) is 4.42 Å². The summed E-state index contributed by atoms with van der Waals surface area (Å²) in [5.41, 5.74) is 1.32. The Morgan fingerprint density at radius 2 is 1.72 bits per heavy atom. The fourth-order valence-electron chi connectivity index (χ4n) is 2.47. The Bertz CT molecular complexity index is 992. The molecule has 0 bridgehead atoms. The standard InChI is InChI=1S/C18H15BrN2O3S/c19-14-5-7-15(8-6-14)21-25(22,23)16-9-3-12(4-10-16)17-11-20-18(24-17)13-1-2-13/h3-11,13,21H,1-2H2. The molecule has 1 aliphatic carbocycles. The van der Waals surface area contributed by atoms with Gasteiger partial charge in [0.1, 0.15) is 0 Å². The summed E-state index contributed by atoms with van der Waals surface area (Å²) in [5.74, 6) is 1.87. The van der Waals surface area contributed by atoms with Crippen molar-refractivity contribution >= 4 is 31.6 Å². The molecule has 4 rings (SSSR count).